The molecule has 1 fully saturated rings. The van der Waals surface area contributed by atoms with Crippen LogP contribution in [0.3, 0.4) is 0 Å². The third-order valence-electron chi connectivity index (χ3n) is 4.29. The van der Waals surface area contributed by atoms with Gasteiger partial charge in [-0.2, -0.15) is 0 Å². The van der Waals surface area contributed by atoms with Crippen LogP contribution < -0.4 is 0 Å². The van der Waals surface area contributed by atoms with Gasteiger partial charge in [0.05, 0.1) is 0 Å². The van der Waals surface area contributed by atoms with Gasteiger partial charge in [-0.15, -0.1) is 0 Å². The number of halogens is 3. The molecular formula is C20H18F3NOSn. The van der Waals surface area contributed by atoms with Gasteiger partial charge in [0.15, 0.2) is 0 Å². The molecule has 1 saturated heterocycles. The van der Waals surface area contributed by atoms with Crippen LogP contribution in [0, 0.1) is 15.7 Å². The number of benzene rings is 1. The van der Waals surface area contributed by atoms with Crippen LogP contribution >= 0.6 is 0 Å². The van der Waals surface area contributed by atoms with E-state index in [4.69, 9.17) is 4.74 Å². The minimum absolute atomic E-state index is 0.126. The second-order valence-corrected chi connectivity index (χ2v) is 9.31. The fourth-order valence-electron chi connectivity index (χ4n) is 2.62. The maximum atomic E-state index is 15.0. The summed E-state index contributed by atoms with van der Waals surface area (Å²) in [4.78, 5) is 3.93. The fourth-order valence-corrected chi connectivity index (χ4v) is 5.16. The molecule has 1 atom stereocenters. The molecule has 0 spiro atoms. The number of pyridine rings is 1. The Morgan fingerprint density at radius 3 is 2.54 bits per heavy atom. The summed E-state index contributed by atoms with van der Waals surface area (Å²) in [7, 11) is 0. The first-order valence-corrected chi connectivity index (χ1v) is 11.9. The van der Waals surface area contributed by atoms with Gasteiger partial charge < -0.3 is 0 Å². The molecule has 2 nitrogen and oxygen atoms in total. The van der Waals surface area contributed by atoms with Gasteiger partial charge in [-0.1, -0.05) is 0 Å². The van der Waals surface area contributed by atoms with Crippen molar-refractivity contribution < 1.29 is 17.9 Å². The monoisotopic (exact) mass is 465 g/mol. The predicted octanol–water partition coefficient (Wildman–Crippen LogP) is 4.47. The molecule has 0 amide bonds. The summed E-state index contributed by atoms with van der Waals surface area (Å²) in [6, 6.07) is 7.85. The molecule has 1 aliphatic rings. The zero-order chi connectivity index (χ0) is 18.6. The van der Waals surface area contributed by atoms with Crippen molar-refractivity contribution >= 4 is 21.1 Å². The van der Waals surface area contributed by atoms with E-state index in [0.29, 0.717) is 5.56 Å². The Bertz CT molecular complexity index is 806. The quantitative estimate of drug-likeness (QED) is 0.273. The molecule has 1 aliphatic heterocycles. The van der Waals surface area contributed by atoms with Crippen LogP contribution in [0.4, 0.5) is 13.2 Å². The van der Waals surface area contributed by atoms with Gasteiger partial charge in [0, 0.05) is 0 Å². The molecule has 2 heterocycles. The first kappa shape index (κ1) is 19.2. The average molecular weight is 464 g/mol. The molecule has 0 N–H and O–H groups in total. The molecule has 1 aromatic heterocycles. The standard InChI is InChI=1S/C16H9F3NO.C4H9.Sn/c1-2-11-3-8-14(20-9-11)16(18,19)15(10-21-15)12-4-6-13(17)7-5-12;1-3-4-2;/h3-9H,10H2;1,3-4H2,2H3;. The molecule has 6 heteroatoms. The van der Waals surface area contributed by atoms with Gasteiger partial charge in [0.1, 0.15) is 0 Å². The van der Waals surface area contributed by atoms with Crippen LogP contribution in [0.5, 0.6) is 0 Å². The van der Waals surface area contributed by atoms with Gasteiger partial charge in [0.25, 0.3) is 0 Å². The van der Waals surface area contributed by atoms with Crippen LogP contribution in [0.15, 0.2) is 42.6 Å². The Labute approximate surface area is 161 Å². The van der Waals surface area contributed by atoms with Crippen LogP contribution in [-0.4, -0.2) is 32.7 Å². The topological polar surface area (TPSA) is 25.4 Å². The molecular weight excluding hydrogens is 446 g/mol. The molecule has 3 rings (SSSR count). The van der Waals surface area contributed by atoms with E-state index in [0.717, 1.165) is 12.1 Å². The Morgan fingerprint density at radius 2 is 1.96 bits per heavy atom. The zero-order valence-corrected chi connectivity index (χ0v) is 17.2. The van der Waals surface area contributed by atoms with Crippen molar-refractivity contribution in [1.29, 1.82) is 0 Å². The third-order valence-corrected chi connectivity index (χ3v) is 6.87. The van der Waals surface area contributed by atoms with Gasteiger partial charge in [-0.3, -0.25) is 0 Å². The molecule has 1 unspecified atom stereocenters. The summed E-state index contributed by atoms with van der Waals surface area (Å²) >= 11 is -0.689. The summed E-state index contributed by atoms with van der Waals surface area (Å²) in [5.74, 6) is -0.766. The van der Waals surface area contributed by atoms with E-state index in [1.54, 1.807) is 6.07 Å². The molecule has 2 radical (unpaired) electrons. The fraction of sp³-hybridized carbons (Fsp3) is 0.350. The SMILES string of the molecule is CCC[CH2][Sn][C]#Cc1ccc(C(F)(F)C2(c3ccc(F)cc3)CO2)nc1. The molecule has 0 saturated carbocycles. The predicted molar refractivity (Wildman–Crippen MR) is 94.5 cm³/mol. The number of epoxide rings is 1. The van der Waals surface area contributed by atoms with E-state index in [1.807, 2.05) is 0 Å². The number of unbranched alkanes of at least 4 members (excludes halogenated alkanes) is 1. The number of hydrogen-bond acceptors (Lipinski definition) is 2. The third kappa shape index (κ3) is 3.91. The second-order valence-electron chi connectivity index (χ2n) is 6.16. The van der Waals surface area contributed by atoms with Crippen LogP contribution in [0.25, 0.3) is 0 Å². The van der Waals surface area contributed by atoms with Crippen molar-refractivity contribution in [2.24, 2.45) is 0 Å². The summed E-state index contributed by atoms with van der Waals surface area (Å²) in [5, 5.41) is 0. The number of ether oxygens (including phenoxy) is 1. The Hall–Kier alpha value is -1.52. The van der Waals surface area contributed by atoms with Crippen molar-refractivity contribution in [3.8, 4) is 9.86 Å². The van der Waals surface area contributed by atoms with Crippen molar-refractivity contribution in [2.75, 3.05) is 6.61 Å². The molecule has 2 aromatic rings. The maximum absolute atomic E-state index is 15.0. The molecule has 1 aromatic carbocycles. The molecule has 0 bridgehead atoms. The number of nitrogens with zero attached hydrogens (tertiary/aromatic N) is 1. The normalized spacial score (nSPS) is 18.9. The second kappa shape index (κ2) is 8.01. The summed E-state index contributed by atoms with van der Waals surface area (Å²) < 4.78 is 52.6. The average Bonchev–Trinajstić information content (AvgIpc) is 3.45. The van der Waals surface area contributed by atoms with Crippen molar-refractivity contribution in [3.05, 3.63) is 65.2 Å². The van der Waals surface area contributed by atoms with E-state index < -0.39 is 38.5 Å². The van der Waals surface area contributed by atoms with E-state index in [-0.39, 0.29) is 17.9 Å². The number of alkyl halides is 2. The number of hydrogen-bond donors (Lipinski definition) is 0. The summed E-state index contributed by atoms with van der Waals surface area (Å²) in [6.45, 7) is 2.02. The van der Waals surface area contributed by atoms with Crippen molar-refractivity contribution in [2.45, 2.75) is 35.7 Å². The first-order chi connectivity index (χ1) is 12.5. The first-order valence-electron chi connectivity index (χ1n) is 8.48. The Balaban J connectivity index is 1.76. The van der Waals surface area contributed by atoms with Gasteiger partial charge in [0.2, 0.25) is 0 Å². The van der Waals surface area contributed by atoms with Crippen LogP contribution in [-0.2, 0) is 16.3 Å². The molecule has 0 aliphatic carbocycles. The van der Waals surface area contributed by atoms with Gasteiger partial charge >= 0.3 is 157 Å². The van der Waals surface area contributed by atoms with E-state index >= 15 is 0 Å². The Morgan fingerprint density at radius 1 is 1.23 bits per heavy atom. The zero-order valence-electron chi connectivity index (χ0n) is 14.4. The van der Waals surface area contributed by atoms with Gasteiger partial charge in [-0.25, -0.2) is 4.39 Å². The van der Waals surface area contributed by atoms with Gasteiger partial charge in [-0.05, 0) is 0 Å². The summed E-state index contributed by atoms with van der Waals surface area (Å²) in [5.41, 5.74) is -1.24. The minimum atomic E-state index is -3.31. The molecule has 134 valence electrons. The number of aromatic nitrogens is 1. The van der Waals surface area contributed by atoms with E-state index in [9.17, 15) is 13.2 Å². The van der Waals surface area contributed by atoms with E-state index in [1.165, 1.54) is 41.7 Å². The van der Waals surface area contributed by atoms with Crippen molar-refractivity contribution in [1.82, 2.24) is 4.98 Å². The van der Waals surface area contributed by atoms with Crippen LogP contribution in [0.1, 0.15) is 36.6 Å². The molecule has 26 heavy (non-hydrogen) atoms. The van der Waals surface area contributed by atoms with Crippen molar-refractivity contribution in [3.63, 3.8) is 0 Å². The number of rotatable bonds is 6. The van der Waals surface area contributed by atoms with E-state index in [2.05, 4.69) is 21.8 Å². The Kier molecular flexibility index (Phi) is 5.93. The van der Waals surface area contributed by atoms with Crippen LogP contribution in [0.2, 0.25) is 4.44 Å². The summed E-state index contributed by atoms with van der Waals surface area (Å²) in [6.07, 6.45) is 3.76.